The van der Waals surface area contributed by atoms with Crippen LogP contribution in [-0.4, -0.2) is 40.6 Å². The zero-order valence-electron chi connectivity index (χ0n) is 14.7. The average Bonchev–Trinajstić information content (AvgIpc) is 3.16. The molecular weight excluding hydrogens is 371 g/mol. The number of benzene rings is 2. The monoisotopic (exact) mass is 392 g/mol. The maximum absolute atomic E-state index is 12.9. The van der Waals surface area contributed by atoms with Gasteiger partial charge in [0.2, 0.25) is 15.9 Å². The van der Waals surface area contributed by atoms with E-state index in [4.69, 9.17) is 4.74 Å². The predicted molar refractivity (Wildman–Crippen MR) is 98.2 cm³/mol. The first-order valence-corrected chi connectivity index (χ1v) is 10.0. The molecular formula is C19H21FN2O4S. The van der Waals surface area contributed by atoms with Gasteiger partial charge in [0, 0.05) is 18.6 Å². The molecule has 1 unspecified atom stereocenters. The van der Waals surface area contributed by atoms with Crippen LogP contribution in [0.15, 0.2) is 59.5 Å². The minimum Gasteiger partial charge on any atom is -0.380 e. The molecule has 8 heteroatoms. The van der Waals surface area contributed by atoms with Gasteiger partial charge in [-0.25, -0.2) is 17.5 Å². The Hall–Kier alpha value is -2.29. The Kier molecular flexibility index (Phi) is 5.88. The van der Waals surface area contributed by atoms with Crippen molar-refractivity contribution in [3.05, 3.63) is 66.0 Å². The molecule has 1 amide bonds. The second kappa shape index (κ2) is 8.16. The van der Waals surface area contributed by atoms with Crippen LogP contribution in [-0.2, 0) is 25.0 Å². The SMILES string of the molecule is O=C(CNS(=O)(=O)c1ccc(F)cc1)NCC1(c2ccccc2)CCOC1. The van der Waals surface area contributed by atoms with Crippen molar-refractivity contribution in [1.29, 1.82) is 0 Å². The molecule has 1 aliphatic rings. The molecule has 2 aromatic rings. The highest BCUT2D eigenvalue weighted by atomic mass is 32.2. The van der Waals surface area contributed by atoms with Gasteiger partial charge in [0.1, 0.15) is 5.82 Å². The number of carbonyl (C=O) groups excluding carboxylic acids is 1. The van der Waals surface area contributed by atoms with Crippen molar-refractivity contribution in [3.63, 3.8) is 0 Å². The van der Waals surface area contributed by atoms with Crippen molar-refractivity contribution in [2.24, 2.45) is 0 Å². The van der Waals surface area contributed by atoms with Crippen LogP contribution in [0.5, 0.6) is 0 Å². The second-order valence-corrected chi connectivity index (χ2v) is 8.27. The van der Waals surface area contributed by atoms with Gasteiger partial charge in [0.15, 0.2) is 0 Å². The van der Waals surface area contributed by atoms with Gasteiger partial charge in [0.25, 0.3) is 0 Å². The Morgan fingerprint density at radius 1 is 1.11 bits per heavy atom. The summed E-state index contributed by atoms with van der Waals surface area (Å²) in [5, 5.41) is 2.79. The zero-order valence-corrected chi connectivity index (χ0v) is 15.5. The molecule has 2 N–H and O–H groups in total. The van der Waals surface area contributed by atoms with Crippen molar-refractivity contribution in [1.82, 2.24) is 10.0 Å². The maximum atomic E-state index is 12.9. The van der Waals surface area contributed by atoms with E-state index in [1.807, 2.05) is 30.3 Å². The van der Waals surface area contributed by atoms with Gasteiger partial charge in [0.05, 0.1) is 18.0 Å². The number of carbonyl (C=O) groups is 1. The fraction of sp³-hybridized carbons (Fsp3) is 0.316. The predicted octanol–water partition coefficient (Wildman–Crippen LogP) is 1.58. The number of rotatable bonds is 7. The van der Waals surface area contributed by atoms with E-state index in [1.54, 1.807) is 0 Å². The Morgan fingerprint density at radius 3 is 2.44 bits per heavy atom. The molecule has 0 aromatic heterocycles. The number of hydrogen-bond acceptors (Lipinski definition) is 4. The van der Waals surface area contributed by atoms with E-state index in [-0.39, 0.29) is 10.3 Å². The quantitative estimate of drug-likeness (QED) is 0.749. The van der Waals surface area contributed by atoms with Gasteiger partial charge in [-0.2, -0.15) is 0 Å². The van der Waals surface area contributed by atoms with E-state index in [1.165, 1.54) is 0 Å². The molecule has 0 bridgehead atoms. The molecule has 27 heavy (non-hydrogen) atoms. The highest BCUT2D eigenvalue weighted by molar-refractivity contribution is 7.89. The fourth-order valence-corrected chi connectivity index (χ4v) is 4.04. The highest BCUT2D eigenvalue weighted by Gasteiger charge is 2.37. The first-order chi connectivity index (χ1) is 12.9. The molecule has 0 aliphatic carbocycles. The molecule has 1 saturated heterocycles. The van der Waals surface area contributed by atoms with Crippen LogP contribution < -0.4 is 10.0 Å². The molecule has 6 nitrogen and oxygen atoms in total. The summed E-state index contributed by atoms with van der Waals surface area (Å²) in [4.78, 5) is 12.1. The molecule has 1 atom stereocenters. The first kappa shape index (κ1) is 19.5. The molecule has 1 fully saturated rings. The van der Waals surface area contributed by atoms with Crippen LogP contribution in [0.3, 0.4) is 0 Å². The van der Waals surface area contributed by atoms with Crippen LogP contribution in [0.2, 0.25) is 0 Å². The Bertz CT molecular complexity index is 880. The van der Waals surface area contributed by atoms with Crippen molar-refractivity contribution in [2.75, 3.05) is 26.3 Å². The van der Waals surface area contributed by atoms with Crippen LogP contribution in [0, 0.1) is 5.82 Å². The van der Waals surface area contributed by atoms with Gasteiger partial charge >= 0.3 is 0 Å². The molecule has 2 aromatic carbocycles. The molecule has 0 spiro atoms. The Labute approximate surface area is 157 Å². The van der Waals surface area contributed by atoms with E-state index in [0.29, 0.717) is 19.8 Å². The van der Waals surface area contributed by atoms with Crippen molar-refractivity contribution < 1.29 is 22.3 Å². The highest BCUT2D eigenvalue weighted by Crippen LogP contribution is 2.32. The number of halogens is 1. The normalized spacial score (nSPS) is 19.7. The molecule has 1 aliphatic heterocycles. The first-order valence-electron chi connectivity index (χ1n) is 8.57. The van der Waals surface area contributed by atoms with E-state index in [0.717, 1.165) is 36.2 Å². The lowest BCUT2D eigenvalue weighted by atomic mass is 9.80. The summed E-state index contributed by atoms with van der Waals surface area (Å²) in [7, 11) is -3.88. The summed E-state index contributed by atoms with van der Waals surface area (Å²) in [6.45, 7) is 1.07. The smallest absolute Gasteiger partial charge is 0.241 e. The molecule has 1 heterocycles. The fourth-order valence-electron chi connectivity index (χ4n) is 3.06. The van der Waals surface area contributed by atoms with Crippen molar-refractivity contribution in [3.8, 4) is 0 Å². The summed E-state index contributed by atoms with van der Waals surface area (Å²) in [6, 6.07) is 14.2. The van der Waals surface area contributed by atoms with Crippen LogP contribution in [0.1, 0.15) is 12.0 Å². The number of sulfonamides is 1. The third-order valence-corrected chi connectivity index (χ3v) is 6.08. The third-order valence-electron chi connectivity index (χ3n) is 4.66. The van der Waals surface area contributed by atoms with Crippen LogP contribution in [0.25, 0.3) is 0 Å². The summed E-state index contributed by atoms with van der Waals surface area (Å²) < 4.78 is 45.0. The van der Waals surface area contributed by atoms with E-state index in [9.17, 15) is 17.6 Å². The Morgan fingerprint density at radius 2 is 1.81 bits per heavy atom. The lowest BCUT2D eigenvalue weighted by Crippen LogP contribution is -2.44. The summed E-state index contributed by atoms with van der Waals surface area (Å²) >= 11 is 0. The molecule has 144 valence electrons. The van der Waals surface area contributed by atoms with Crippen LogP contribution in [0.4, 0.5) is 4.39 Å². The van der Waals surface area contributed by atoms with Crippen molar-refractivity contribution >= 4 is 15.9 Å². The van der Waals surface area contributed by atoms with Gasteiger partial charge in [-0.1, -0.05) is 30.3 Å². The second-order valence-electron chi connectivity index (χ2n) is 6.50. The number of ether oxygens (including phenoxy) is 1. The van der Waals surface area contributed by atoms with E-state index < -0.39 is 28.3 Å². The Balaban J connectivity index is 1.58. The number of hydrogen-bond donors (Lipinski definition) is 2. The topological polar surface area (TPSA) is 84.5 Å². The van der Waals surface area contributed by atoms with E-state index in [2.05, 4.69) is 10.0 Å². The van der Waals surface area contributed by atoms with E-state index >= 15 is 0 Å². The minimum atomic E-state index is -3.88. The molecule has 0 radical (unpaired) electrons. The minimum absolute atomic E-state index is 0.0957. The molecule has 0 saturated carbocycles. The van der Waals surface area contributed by atoms with Crippen LogP contribution >= 0.6 is 0 Å². The lowest BCUT2D eigenvalue weighted by molar-refractivity contribution is -0.120. The lowest BCUT2D eigenvalue weighted by Gasteiger charge is -2.28. The summed E-state index contributed by atoms with van der Waals surface area (Å²) in [5.74, 6) is -0.973. The standard InChI is InChI=1S/C19H21FN2O4S/c20-16-6-8-17(9-7-16)27(24,25)22-12-18(23)21-13-19(10-11-26-14-19)15-4-2-1-3-5-15/h1-9,22H,10-14H2,(H,21,23). The van der Waals surface area contributed by atoms with Gasteiger partial charge < -0.3 is 10.1 Å². The maximum Gasteiger partial charge on any atom is 0.241 e. The largest absolute Gasteiger partial charge is 0.380 e. The summed E-state index contributed by atoms with van der Waals surface area (Å²) in [5.41, 5.74) is 0.766. The third kappa shape index (κ3) is 4.71. The molecule has 3 rings (SSSR count). The van der Waals surface area contributed by atoms with Crippen molar-refractivity contribution in [2.45, 2.75) is 16.7 Å². The number of nitrogens with one attached hydrogen (secondary N) is 2. The van der Waals surface area contributed by atoms with Gasteiger partial charge in [-0.15, -0.1) is 0 Å². The zero-order chi connectivity index (χ0) is 19.3. The van der Waals surface area contributed by atoms with Gasteiger partial charge in [-0.05, 0) is 36.2 Å². The summed E-state index contributed by atoms with van der Waals surface area (Å²) in [6.07, 6.45) is 0.776. The average molecular weight is 392 g/mol. The number of amides is 1. The van der Waals surface area contributed by atoms with Gasteiger partial charge in [-0.3, -0.25) is 4.79 Å².